The number of carbonyl (C=O) groups excluding carboxylic acids is 2. The number of halogens is 2. The van der Waals surface area contributed by atoms with Crippen LogP contribution in [0.15, 0.2) is 12.4 Å². The zero-order valence-electron chi connectivity index (χ0n) is 16.7. The van der Waals surface area contributed by atoms with Crippen LogP contribution in [0.1, 0.15) is 13.3 Å². The van der Waals surface area contributed by atoms with Crippen LogP contribution in [0.25, 0.3) is 0 Å². The zero-order valence-corrected chi connectivity index (χ0v) is 18.2. The molecule has 0 radical (unpaired) electrons. The SMILES string of the molecule is C[C@@H](COCCC(=O)N1CCN(c2ncc(Cl)cn2)CC1)OC1CNNC(=O)C1Cl. The Hall–Kier alpha value is -1.72. The molecule has 12 heteroatoms. The van der Waals surface area contributed by atoms with Crippen molar-refractivity contribution in [1.29, 1.82) is 0 Å². The molecule has 3 atom stereocenters. The van der Waals surface area contributed by atoms with Gasteiger partial charge in [0.1, 0.15) is 5.38 Å². The maximum Gasteiger partial charge on any atom is 0.254 e. The molecule has 0 aromatic carbocycles. The van der Waals surface area contributed by atoms with Crippen molar-refractivity contribution in [1.82, 2.24) is 25.7 Å². The molecule has 0 spiro atoms. The number of anilines is 1. The average Bonchev–Trinajstić information content (AvgIpc) is 2.75. The van der Waals surface area contributed by atoms with Crippen molar-refractivity contribution in [2.45, 2.75) is 30.9 Å². The Kier molecular flexibility index (Phi) is 8.46. The van der Waals surface area contributed by atoms with Gasteiger partial charge in [-0.3, -0.25) is 15.0 Å². The Labute approximate surface area is 185 Å². The lowest BCUT2D eigenvalue weighted by Gasteiger charge is -2.34. The summed E-state index contributed by atoms with van der Waals surface area (Å²) in [6, 6.07) is 0. The van der Waals surface area contributed by atoms with Gasteiger partial charge in [-0.1, -0.05) is 11.6 Å². The first-order chi connectivity index (χ1) is 14.4. The third kappa shape index (κ3) is 6.39. The summed E-state index contributed by atoms with van der Waals surface area (Å²) in [7, 11) is 0. The highest BCUT2D eigenvalue weighted by Gasteiger charge is 2.32. The van der Waals surface area contributed by atoms with Gasteiger partial charge in [0.15, 0.2) is 0 Å². The Morgan fingerprint density at radius 1 is 1.30 bits per heavy atom. The Balaban J connectivity index is 1.30. The van der Waals surface area contributed by atoms with E-state index in [1.165, 1.54) is 0 Å². The summed E-state index contributed by atoms with van der Waals surface area (Å²) < 4.78 is 11.3. The first-order valence-electron chi connectivity index (χ1n) is 9.84. The lowest BCUT2D eigenvalue weighted by molar-refractivity contribution is -0.134. The Morgan fingerprint density at radius 3 is 2.70 bits per heavy atom. The molecule has 2 saturated heterocycles. The molecular weight excluding hydrogens is 435 g/mol. The number of aromatic nitrogens is 2. The second-order valence-corrected chi connectivity index (χ2v) is 8.06. The van der Waals surface area contributed by atoms with Gasteiger partial charge in [-0.25, -0.2) is 15.4 Å². The van der Waals surface area contributed by atoms with Gasteiger partial charge in [0, 0.05) is 32.7 Å². The minimum absolute atomic E-state index is 0.0502. The molecule has 2 aliphatic heterocycles. The van der Waals surface area contributed by atoms with Crippen molar-refractivity contribution in [3.8, 4) is 0 Å². The second-order valence-electron chi connectivity index (χ2n) is 7.15. The summed E-state index contributed by atoms with van der Waals surface area (Å²) in [5.41, 5.74) is 5.19. The largest absolute Gasteiger partial charge is 0.378 e. The molecule has 0 bridgehead atoms. The number of ether oxygens (including phenoxy) is 2. The molecule has 2 unspecified atom stereocenters. The van der Waals surface area contributed by atoms with Crippen LogP contribution in [0, 0.1) is 0 Å². The normalized spacial score (nSPS) is 23.2. The Bertz CT molecular complexity index is 717. The quantitative estimate of drug-likeness (QED) is 0.418. The van der Waals surface area contributed by atoms with E-state index in [0.29, 0.717) is 63.3 Å². The fourth-order valence-electron chi connectivity index (χ4n) is 3.23. The molecular formula is C18H26Cl2N6O4. The molecule has 0 saturated carbocycles. The molecule has 166 valence electrons. The number of nitrogens with one attached hydrogen (secondary N) is 2. The van der Waals surface area contributed by atoms with Crippen molar-refractivity contribution in [3.05, 3.63) is 17.4 Å². The number of amides is 2. The molecule has 2 amide bonds. The number of hydrogen-bond acceptors (Lipinski definition) is 8. The van der Waals surface area contributed by atoms with E-state index in [2.05, 4.69) is 20.8 Å². The van der Waals surface area contributed by atoms with Gasteiger partial charge < -0.3 is 19.3 Å². The number of hydrazine groups is 1. The maximum absolute atomic E-state index is 12.4. The highest BCUT2D eigenvalue weighted by molar-refractivity contribution is 6.31. The zero-order chi connectivity index (χ0) is 21.5. The van der Waals surface area contributed by atoms with Crippen LogP contribution >= 0.6 is 23.2 Å². The highest BCUT2D eigenvalue weighted by Crippen LogP contribution is 2.14. The first kappa shape index (κ1) is 23.0. The maximum atomic E-state index is 12.4. The molecule has 3 rings (SSSR count). The van der Waals surface area contributed by atoms with E-state index in [1.807, 2.05) is 16.7 Å². The number of hydrogen-bond donors (Lipinski definition) is 2. The summed E-state index contributed by atoms with van der Waals surface area (Å²) in [5.74, 6) is 0.359. The van der Waals surface area contributed by atoms with Crippen molar-refractivity contribution in [2.24, 2.45) is 0 Å². The van der Waals surface area contributed by atoms with Gasteiger partial charge in [0.25, 0.3) is 5.91 Å². The monoisotopic (exact) mass is 460 g/mol. The molecule has 30 heavy (non-hydrogen) atoms. The van der Waals surface area contributed by atoms with E-state index in [9.17, 15) is 9.59 Å². The van der Waals surface area contributed by atoms with E-state index in [-0.39, 0.29) is 17.9 Å². The van der Waals surface area contributed by atoms with Gasteiger partial charge in [-0.15, -0.1) is 11.6 Å². The fourth-order valence-corrected chi connectivity index (χ4v) is 3.53. The smallest absolute Gasteiger partial charge is 0.254 e. The van der Waals surface area contributed by atoms with Crippen LogP contribution < -0.4 is 15.8 Å². The standard InChI is InChI=1S/C18H26Cl2N6O4/c1-12(30-14-10-23-24-17(28)16(14)20)11-29-7-2-15(27)25-3-5-26(6-4-25)18-21-8-13(19)9-22-18/h8-9,12,14,16,23H,2-7,10-11H2,1H3,(H,24,28)/t12-,14?,16?/m0/s1. The van der Waals surface area contributed by atoms with Gasteiger partial charge in [0.2, 0.25) is 11.9 Å². The van der Waals surface area contributed by atoms with Crippen molar-refractivity contribution in [2.75, 3.05) is 50.8 Å². The fraction of sp³-hybridized carbons (Fsp3) is 0.667. The number of rotatable bonds is 8. The average molecular weight is 461 g/mol. The number of carbonyl (C=O) groups is 2. The molecule has 3 heterocycles. The molecule has 2 aliphatic rings. The summed E-state index contributed by atoms with van der Waals surface area (Å²) in [5, 5.41) is -0.247. The highest BCUT2D eigenvalue weighted by atomic mass is 35.5. The van der Waals surface area contributed by atoms with Crippen LogP contribution in [0.4, 0.5) is 5.95 Å². The van der Waals surface area contributed by atoms with Gasteiger partial charge >= 0.3 is 0 Å². The van der Waals surface area contributed by atoms with Crippen LogP contribution in [0.3, 0.4) is 0 Å². The third-order valence-corrected chi connectivity index (χ3v) is 5.51. The number of alkyl halides is 1. The third-order valence-electron chi connectivity index (χ3n) is 4.83. The summed E-state index contributed by atoms with van der Waals surface area (Å²) in [6.07, 6.45) is 2.76. The van der Waals surface area contributed by atoms with E-state index >= 15 is 0 Å². The number of nitrogens with zero attached hydrogens (tertiary/aromatic N) is 4. The van der Waals surface area contributed by atoms with Crippen LogP contribution in [-0.4, -0.2) is 90.2 Å². The topological polar surface area (TPSA) is 109 Å². The van der Waals surface area contributed by atoms with Crippen LogP contribution in [0.5, 0.6) is 0 Å². The van der Waals surface area contributed by atoms with Gasteiger partial charge in [-0.05, 0) is 6.92 Å². The van der Waals surface area contributed by atoms with Crippen LogP contribution in [0.2, 0.25) is 5.02 Å². The predicted molar refractivity (Wildman–Crippen MR) is 111 cm³/mol. The van der Waals surface area contributed by atoms with Crippen molar-refractivity contribution in [3.63, 3.8) is 0 Å². The lowest BCUT2D eigenvalue weighted by atomic mass is 10.2. The van der Waals surface area contributed by atoms with Gasteiger partial charge in [0.05, 0.1) is 49.3 Å². The Morgan fingerprint density at radius 2 is 2.00 bits per heavy atom. The van der Waals surface area contributed by atoms with Crippen LogP contribution in [-0.2, 0) is 19.1 Å². The summed E-state index contributed by atoms with van der Waals surface area (Å²) in [6.45, 7) is 5.45. The molecule has 2 fully saturated rings. The molecule has 10 nitrogen and oxygen atoms in total. The van der Waals surface area contributed by atoms with Crippen molar-refractivity contribution >= 4 is 41.0 Å². The summed E-state index contributed by atoms with van der Waals surface area (Å²) in [4.78, 5) is 36.2. The summed E-state index contributed by atoms with van der Waals surface area (Å²) >= 11 is 11.9. The van der Waals surface area contributed by atoms with E-state index in [0.717, 1.165) is 0 Å². The molecule has 1 aromatic heterocycles. The van der Waals surface area contributed by atoms with E-state index in [4.69, 9.17) is 32.7 Å². The number of piperazine rings is 1. The first-order valence-corrected chi connectivity index (χ1v) is 10.7. The molecule has 2 N–H and O–H groups in total. The molecule has 0 aliphatic carbocycles. The lowest BCUT2D eigenvalue weighted by Crippen LogP contribution is -2.57. The minimum Gasteiger partial charge on any atom is -0.378 e. The van der Waals surface area contributed by atoms with Gasteiger partial charge in [-0.2, -0.15) is 0 Å². The van der Waals surface area contributed by atoms with E-state index in [1.54, 1.807) is 12.4 Å². The second kappa shape index (κ2) is 11.1. The minimum atomic E-state index is -0.743. The van der Waals surface area contributed by atoms with E-state index < -0.39 is 11.5 Å². The molecule has 1 aromatic rings. The van der Waals surface area contributed by atoms with Crippen molar-refractivity contribution < 1.29 is 19.1 Å². The predicted octanol–water partition coefficient (Wildman–Crippen LogP) is 0.201.